The minimum absolute atomic E-state index is 0.00231. The number of amides is 2. The van der Waals surface area contributed by atoms with Gasteiger partial charge in [-0.25, -0.2) is 9.37 Å². The predicted octanol–water partition coefficient (Wildman–Crippen LogP) is 3.62. The number of aromatic nitrogens is 1. The van der Waals surface area contributed by atoms with E-state index < -0.39 is 0 Å². The summed E-state index contributed by atoms with van der Waals surface area (Å²) in [7, 11) is 0. The Morgan fingerprint density at radius 2 is 2.07 bits per heavy atom. The van der Waals surface area contributed by atoms with Crippen molar-refractivity contribution in [1.29, 1.82) is 0 Å². The first-order valence-electron chi connectivity index (χ1n) is 9.54. The van der Waals surface area contributed by atoms with Crippen LogP contribution in [0.4, 0.5) is 10.1 Å². The lowest BCUT2D eigenvalue weighted by atomic mass is 10.1. The molecule has 0 saturated carbocycles. The molecular formula is C22H20FN3O4. The summed E-state index contributed by atoms with van der Waals surface area (Å²) >= 11 is 0. The van der Waals surface area contributed by atoms with E-state index in [0.717, 1.165) is 11.1 Å². The summed E-state index contributed by atoms with van der Waals surface area (Å²) in [5.41, 5.74) is 2.16. The van der Waals surface area contributed by atoms with E-state index in [1.807, 2.05) is 13.0 Å². The average Bonchev–Trinajstić information content (AvgIpc) is 3.21. The van der Waals surface area contributed by atoms with Gasteiger partial charge in [-0.3, -0.25) is 9.59 Å². The summed E-state index contributed by atoms with van der Waals surface area (Å²) in [6.07, 6.45) is 2.11. The van der Waals surface area contributed by atoms with Crippen LogP contribution in [0.1, 0.15) is 30.8 Å². The highest BCUT2D eigenvalue weighted by molar-refractivity contribution is 5.95. The second-order valence-electron chi connectivity index (χ2n) is 7.01. The van der Waals surface area contributed by atoms with Gasteiger partial charge >= 0.3 is 0 Å². The van der Waals surface area contributed by atoms with E-state index >= 15 is 0 Å². The highest BCUT2D eigenvalue weighted by Crippen LogP contribution is 2.30. The number of anilines is 1. The van der Waals surface area contributed by atoms with Crippen LogP contribution in [0.15, 0.2) is 53.1 Å². The van der Waals surface area contributed by atoms with Gasteiger partial charge in [-0.15, -0.1) is 0 Å². The number of hydrogen-bond donors (Lipinski definition) is 2. The summed E-state index contributed by atoms with van der Waals surface area (Å²) < 4.78 is 24.0. The maximum Gasteiger partial charge on any atom is 0.262 e. The smallest absolute Gasteiger partial charge is 0.262 e. The van der Waals surface area contributed by atoms with E-state index in [4.69, 9.17) is 9.15 Å². The van der Waals surface area contributed by atoms with E-state index in [0.29, 0.717) is 29.5 Å². The van der Waals surface area contributed by atoms with Crippen LogP contribution in [0.3, 0.4) is 0 Å². The predicted molar refractivity (Wildman–Crippen MR) is 107 cm³/mol. The van der Waals surface area contributed by atoms with Crippen LogP contribution >= 0.6 is 0 Å². The highest BCUT2D eigenvalue weighted by Gasteiger charge is 2.18. The summed E-state index contributed by atoms with van der Waals surface area (Å²) in [4.78, 5) is 28.0. The fourth-order valence-corrected chi connectivity index (χ4v) is 3.16. The van der Waals surface area contributed by atoms with Crippen molar-refractivity contribution in [2.45, 2.75) is 25.8 Å². The van der Waals surface area contributed by atoms with E-state index in [1.54, 1.807) is 30.5 Å². The van der Waals surface area contributed by atoms with Gasteiger partial charge in [-0.2, -0.15) is 0 Å². The Morgan fingerprint density at radius 1 is 1.27 bits per heavy atom. The van der Waals surface area contributed by atoms with Crippen molar-refractivity contribution in [3.63, 3.8) is 0 Å². The molecular weight excluding hydrogens is 389 g/mol. The van der Waals surface area contributed by atoms with Crippen LogP contribution in [0.25, 0.3) is 11.3 Å². The average molecular weight is 409 g/mol. The Kier molecular flexibility index (Phi) is 5.47. The third kappa shape index (κ3) is 4.48. The molecule has 2 heterocycles. The summed E-state index contributed by atoms with van der Waals surface area (Å²) in [5, 5.41) is 5.68. The molecule has 1 aliphatic heterocycles. The molecule has 0 spiro atoms. The van der Waals surface area contributed by atoms with Crippen molar-refractivity contribution in [2.24, 2.45) is 0 Å². The fourth-order valence-electron chi connectivity index (χ4n) is 3.16. The monoisotopic (exact) mass is 409 g/mol. The molecule has 0 unspecified atom stereocenters. The molecule has 8 heteroatoms. The van der Waals surface area contributed by atoms with Crippen molar-refractivity contribution in [3.05, 3.63) is 65.9 Å². The molecule has 0 fully saturated rings. The van der Waals surface area contributed by atoms with Crippen molar-refractivity contribution in [2.75, 3.05) is 11.9 Å². The number of benzene rings is 2. The van der Waals surface area contributed by atoms with Gasteiger partial charge in [0.05, 0.1) is 17.9 Å². The number of nitrogens with zero attached hydrogens (tertiary/aromatic N) is 1. The largest absolute Gasteiger partial charge is 0.482 e. The summed E-state index contributed by atoms with van der Waals surface area (Å²) in [6, 6.07) is 11.1. The molecule has 2 amide bonds. The third-order valence-electron chi connectivity index (χ3n) is 4.76. The van der Waals surface area contributed by atoms with Crippen LogP contribution in [-0.2, 0) is 16.0 Å². The summed E-state index contributed by atoms with van der Waals surface area (Å²) in [6.45, 7) is 1.87. The molecule has 2 aromatic carbocycles. The number of hydrogen-bond acceptors (Lipinski definition) is 5. The van der Waals surface area contributed by atoms with Gasteiger partial charge in [0, 0.05) is 18.4 Å². The topological polar surface area (TPSA) is 93.5 Å². The molecule has 4 rings (SSSR count). The molecule has 2 N–H and O–H groups in total. The number of aryl methyl sites for hydroxylation is 1. The van der Waals surface area contributed by atoms with Gasteiger partial charge in [0.15, 0.2) is 18.3 Å². The van der Waals surface area contributed by atoms with Crippen LogP contribution in [0, 0.1) is 5.82 Å². The zero-order chi connectivity index (χ0) is 21.1. The first-order valence-corrected chi connectivity index (χ1v) is 9.54. The quantitative estimate of drug-likeness (QED) is 0.649. The van der Waals surface area contributed by atoms with Gasteiger partial charge in [-0.1, -0.05) is 6.07 Å². The zero-order valence-electron chi connectivity index (χ0n) is 16.3. The van der Waals surface area contributed by atoms with Crippen molar-refractivity contribution in [1.82, 2.24) is 10.3 Å². The molecule has 1 atom stereocenters. The standard InChI is InChI=1S/C22H20FN3O4/c1-13(15-4-7-18-17(10-15)26-21(28)12-29-18)25-20(27)8-9-22-24-11-19(30-22)14-2-5-16(23)6-3-14/h2-7,10-11,13H,8-9,12H2,1H3,(H,25,27)(H,26,28)/t13-/m0/s1. The SMILES string of the molecule is C[C@H](NC(=O)CCc1ncc(-c2ccc(F)cc2)o1)c1ccc2c(c1)NC(=O)CO2. The normalized spacial score (nSPS) is 13.7. The maximum atomic E-state index is 13.0. The van der Waals surface area contributed by atoms with Crippen LogP contribution in [0.5, 0.6) is 5.75 Å². The molecule has 0 radical (unpaired) electrons. The Morgan fingerprint density at radius 3 is 2.87 bits per heavy atom. The van der Waals surface area contributed by atoms with E-state index in [2.05, 4.69) is 15.6 Å². The third-order valence-corrected chi connectivity index (χ3v) is 4.76. The van der Waals surface area contributed by atoms with Gasteiger partial charge in [0.2, 0.25) is 5.91 Å². The van der Waals surface area contributed by atoms with E-state index in [-0.39, 0.29) is 36.7 Å². The Bertz CT molecular complexity index is 1080. The molecule has 154 valence electrons. The first-order chi connectivity index (χ1) is 14.5. The number of oxazole rings is 1. The number of rotatable bonds is 6. The molecule has 0 bridgehead atoms. The van der Waals surface area contributed by atoms with Gasteiger partial charge in [0.1, 0.15) is 11.6 Å². The number of ether oxygens (including phenoxy) is 1. The molecule has 1 aromatic heterocycles. The van der Waals surface area contributed by atoms with Crippen molar-refractivity contribution >= 4 is 17.5 Å². The van der Waals surface area contributed by atoms with Gasteiger partial charge in [-0.05, 0) is 48.9 Å². The number of carbonyl (C=O) groups excluding carboxylic acids is 2. The number of fused-ring (bicyclic) bond motifs is 1. The Labute approximate surface area is 172 Å². The molecule has 0 saturated heterocycles. The van der Waals surface area contributed by atoms with Crippen molar-refractivity contribution in [3.8, 4) is 17.1 Å². The molecule has 1 aliphatic rings. The Balaban J connectivity index is 1.32. The van der Waals surface area contributed by atoms with Gasteiger partial charge in [0.25, 0.3) is 5.91 Å². The minimum atomic E-state index is -0.321. The second-order valence-corrected chi connectivity index (χ2v) is 7.01. The van der Waals surface area contributed by atoms with E-state index in [1.165, 1.54) is 12.1 Å². The van der Waals surface area contributed by atoms with Crippen LogP contribution in [-0.4, -0.2) is 23.4 Å². The highest BCUT2D eigenvalue weighted by atomic mass is 19.1. The fraction of sp³-hybridized carbons (Fsp3) is 0.227. The first kappa shape index (κ1) is 19.6. The van der Waals surface area contributed by atoms with Gasteiger partial charge < -0.3 is 19.8 Å². The lowest BCUT2D eigenvalue weighted by Gasteiger charge is -2.21. The van der Waals surface area contributed by atoms with E-state index in [9.17, 15) is 14.0 Å². The van der Waals surface area contributed by atoms with Crippen LogP contribution < -0.4 is 15.4 Å². The molecule has 3 aromatic rings. The number of nitrogens with one attached hydrogen (secondary N) is 2. The van der Waals surface area contributed by atoms with Crippen LogP contribution in [0.2, 0.25) is 0 Å². The summed E-state index contributed by atoms with van der Waals surface area (Å²) in [5.74, 6) is 0.892. The molecule has 30 heavy (non-hydrogen) atoms. The molecule has 7 nitrogen and oxygen atoms in total. The zero-order valence-corrected chi connectivity index (χ0v) is 16.3. The lowest BCUT2D eigenvalue weighted by molar-refractivity contribution is -0.122. The number of halogens is 1. The maximum absolute atomic E-state index is 13.0. The Hall–Kier alpha value is -3.68. The van der Waals surface area contributed by atoms with Crippen molar-refractivity contribution < 1.29 is 23.1 Å². The minimum Gasteiger partial charge on any atom is -0.482 e. The number of carbonyl (C=O) groups is 2. The molecule has 0 aliphatic carbocycles. The second kappa shape index (κ2) is 8.36. The lowest BCUT2D eigenvalue weighted by Crippen LogP contribution is -2.28.